The third-order valence-electron chi connectivity index (χ3n) is 3.28. The largest absolute Gasteiger partial charge is 0.305 e. The molecule has 0 radical (unpaired) electrons. The quantitative estimate of drug-likeness (QED) is 0.654. The molecule has 0 aromatic rings. The van der Waals surface area contributed by atoms with Crippen LogP contribution >= 0.6 is 0 Å². The van der Waals surface area contributed by atoms with Crippen molar-refractivity contribution < 1.29 is 0 Å². The van der Waals surface area contributed by atoms with E-state index in [1.807, 2.05) is 14.1 Å². The summed E-state index contributed by atoms with van der Waals surface area (Å²) in [5.74, 6) is 0. The van der Waals surface area contributed by atoms with Crippen molar-refractivity contribution >= 4 is 0 Å². The van der Waals surface area contributed by atoms with Crippen molar-refractivity contribution in [3.05, 3.63) is 0 Å². The summed E-state index contributed by atoms with van der Waals surface area (Å²) < 4.78 is 0. The van der Waals surface area contributed by atoms with E-state index in [1.165, 1.54) is 0 Å². The van der Waals surface area contributed by atoms with Gasteiger partial charge in [0.1, 0.15) is 0 Å². The Labute approximate surface area is 87.6 Å². The topological polar surface area (TPSA) is 30.5 Å². The Morgan fingerprint density at radius 2 is 1.07 bits per heavy atom. The molecule has 1 fully saturated rings. The van der Waals surface area contributed by atoms with Crippen LogP contribution in [0.25, 0.3) is 0 Å². The summed E-state index contributed by atoms with van der Waals surface area (Å²) >= 11 is 0. The summed E-state index contributed by atoms with van der Waals surface area (Å²) in [5, 5.41) is 6.57. The van der Waals surface area contributed by atoms with Gasteiger partial charge in [0, 0.05) is 26.2 Å². The molecule has 0 spiro atoms. The molecule has 4 heteroatoms. The molecule has 2 N–H and O–H groups in total. The monoisotopic (exact) mass is 200 g/mol. The van der Waals surface area contributed by atoms with E-state index in [1.54, 1.807) is 0 Å². The highest BCUT2D eigenvalue weighted by Crippen LogP contribution is 2.06. The van der Waals surface area contributed by atoms with Gasteiger partial charge in [0.15, 0.2) is 0 Å². The lowest BCUT2D eigenvalue weighted by Gasteiger charge is -2.40. The van der Waals surface area contributed by atoms with E-state index in [2.05, 4.69) is 34.3 Å². The highest BCUT2D eigenvalue weighted by Gasteiger charge is 2.22. The van der Waals surface area contributed by atoms with E-state index in [-0.39, 0.29) is 0 Å². The molecule has 0 saturated carbocycles. The molecule has 1 aliphatic heterocycles. The van der Waals surface area contributed by atoms with E-state index >= 15 is 0 Å². The second-order valence-electron chi connectivity index (χ2n) is 4.00. The maximum Gasteiger partial charge on any atom is 0.0566 e. The average molecular weight is 200 g/mol. The summed E-state index contributed by atoms with van der Waals surface area (Å²) in [7, 11) is 4.04. The van der Waals surface area contributed by atoms with E-state index in [9.17, 15) is 0 Å². The maximum atomic E-state index is 3.28. The fourth-order valence-corrected chi connectivity index (χ4v) is 1.88. The van der Waals surface area contributed by atoms with Crippen LogP contribution in [0, 0.1) is 0 Å². The van der Waals surface area contributed by atoms with Gasteiger partial charge >= 0.3 is 0 Å². The molecule has 1 aliphatic rings. The van der Waals surface area contributed by atoms with E-state index in [0.717, 1.165) is 26.2 Å². The lowest BCUT2D eigenvalue weighted by Crippen LogP contribution is -2.56. The zero-order chi connectivity index (χ0) is 10.6. The van der Waals surface area contributed by atoms with Crippen molar-refractivity contribution in [1.82, 2.24) is 20.4 Å². The number of piperazine rings is 1. The van der Waals surface area contributed by atoms with Crippen LogP contribution in [0.4, 0.5) is 0 Å². The summed E-state index contributed by atoms with van der Waals surface area (Å²) in [6.45, 7) is 9.08. The number of hydrogen-bond acceptors (Lipinski definition) is 4. The number of rotatable bonds is 4. The molecule has 0 bridgehead atoms. The third-order valence-corrected chi connectivity index (χ3v) is 3.28. The van der Waals surface area contributed by atoms with Gasteiger partial charge in [-0.1, -0.05) is 0 Å². The summed E-state index contributed by atoms with van der Waals surface area (Å²) in [4.78, 5) is 4.97. The number of nitrogens with zero attached hydrogens (tertiary/aromatic N) is 2. The van der Waals surface area contributed by atoms with E-state index < -0.39 is 0 Å². The van der Waals surface area contributed by atoms with Crippen molar-refractivity contribution in [3.63, 3.8) is 0 Å². The molecular formula is C10H24N4. The van der Waals surface area contributed by atoms with Crippen molar-refractivity contribution in [2.75, 3.05) is 40.3 Å². The molecule has 1 rings (SSSR count). The first-order valence-electron chi connectivity index (χ1n) is 5.51. The summed E-state index contributed by atoms with van der Waals surface area (Å²) in [6.07, 6.45) is 1.00. The minimum atomic E-state index is 0.502. The molecule has 14 heavy (non-hydrogen) atoms. The lowest BCUT2D eigenvalue weighted by atomic mass is 10.2. The molecule has 1 saturated heterocycles. The standard InChI is InChI=1S/C10H24N4/c1-9(11-3)13-5-7-14(8-6-13)10(2)12-4/h9-12H,5-8H2,1-4H3. The van der Waals surface area contributed by atoms with Crippen LogP contribution in [0.2, 0.25) is 0 Å². The van der Waals surface area contributed by atoms with Crippen LogP contribution in [0.3, 0.4) is 0 Å². The van der Waals surface area contributed by atoms with Gasteiger partial charge in [-0.25, -0.2) is 0 Å². The van der Waals surface area contributed by atoms with Crippen LogP contribution in [-0.2, 0) is 0 Å². The van der Waals surface area contributed by atoms with Gasteiger partial charge in [-0.05, 0) is 27.9 Å². The van der Waals surface area contributed by atoms with Crippen molar-refractivity contribution in [1.29, 1.82) is 0 Å². The normalized spacial score (nSPS) is 24.9. The van der Waals surface area contributed by atoms with Gasteiger partial charge in [-0.2, -0.15) is 0 Å². The Bertz CT molecular complexity index is 136. The van der Waals surface area contributed by atoms with Crippen LogP contribution in [-0.4, -0.2) is 62.4 Å². The molecule has 1 heterocycles. The Morgan fingerprint density at radius 3 is 1.29 bits per heavy atom. The summed E-state index contributed by atoms with van der Waals surface area (Å²) in [5.41, 5.74) is 0. The highest BCUT2D eigenvalue weighted by molar-refractivity contribution is 4.76. The minimum Gasteiger partial charge on any atom is -0.305 e. The average Bonchev–Trinajstić information content (AvgIpc) is 2.27. The number of nitrogens with one attached hydrogen (secondary N) is 2. The Morgan fingerprint density at radius 1 is 0.786 bits per heavy atom. The Balaban J connectivity index is 2.31. The smallest absolute Gasteiger partial charge is 0.0566 e. The predicted octanol–water partition coefficient (Wildman–Crippen LogP) is -0.265. The molecular weight excluding hydrogens is 176 g/mol. The van der Waals surface area contributed by atoms with Gasteiger partial charge in [-0.15, -0.1) is 0 Å². The zero-order valence-corrected chi connectivity index (χ0v) is 9.88. The van der Waals surface area contributed by atoms with Crippen molar-refractivity contribution in [2.24, 2.45) is 0 Å². The van der Waals surface area contributed by atoms with Gasteiger partial charge < -0.3 is 10.6 Å². The fourth-order valence-electron chi connectivity index (χ4n) is 1.88. The van der Waals surface area contributed by atoms with Gasteiger partial charge in [0.05, 0.1) is 12.3 Å². The fraction of sp³-hybridized carbons (Fsp3) is 1.00. The van der Waals surface area contributed by atoms with Crippen LogP contribution in [0.5, 0.6) is 0 Å². The van der Waals surface area contributed by atoms with Crippen LogP contribution < -0.4 is 10.6 Å². The maximum absolute atomic E-state index is 3.28. The summed E-state index contributed by atoms with van der Waals surface area (Å²) in [6, 6.07) is 0. The van der Waals surface area contributed by atoms with E-state index in [0.29, 0.717) is 12.3 Å². The van der Waals surface area contributed by atoms with E-state index in [4.69, 9.17) is 0 Å². The first kappa shape index (κ1) is 11.9. The van der Waals surface area contributed by atoms with Crippen molar-refractivity contribution in [2.45, 2.75) is 26.2 Å². The van der Waals surface area contributed by atoms with Crippen molar-refractivity contribution in [3.8, 4) is 0 Å². The second kappa shape index (κ2) is 5.66. The molecule has 2 atom stereocenters. The first-order valence-corrected chi connectivity index (χ1v) is 5.51. The molecule has 0 aliphatic carbocycles. The van der Waals surface area contributed by atoms with Crippen LogP contribution in [0.1, 0.15) is 13.8 Å². The van der Waals surface area contributed by atoms with Crippen LogP contribution in [0.15, 0.2) is 0 Å². The van der Waals surface area contributed by atoms with Gasteiger partial charge in [0.2, 0.25) is 0 Å². The first-order chi connectivity index (χ1) is 6.69. The molecule has 0 aromatic carbocycles. The zero-order valence-electron chi connectivity index (χ0n) is 9.88. The predicted molar refractivity (Wildman–Crippen MR) is 60.2 cm³/mol. The minimum absolute atomic E-state index is 0.502. The lowest BCUT2D eigenvalue weighted by molar-refractivity contribution is 0.0635. The number of hydrogen-bond donors (Lipinski definition) is 2. The Kier molecular flexibility index (Phi) is 4.81. The molecule has 84 valence electrons. The SMILES string of the molecule is CNC(C)N1CCN(C(C)NC)CC1. The molecule has 0 aromatic heterocycles. The molecule has 2 unspecified atom stereocenters. The Hall–Kier alpha value is -0.160. The highest BCUT2D eigenvalue weighted by atomic mass is 15.4. The van der Waals surface area contributed by atoms with Gasteiger partial charge in [-0.3, -0.25) is 9.80 Å². The molecule has 4 nitrogen and oxygen atoms in total. The van der Waals surface area contributed by atoms with Gasteiger partial charge in [0.25, 0.3) is 0 Å². The third kappa shape index (κ3) is 2.92. The molecule has 0 amide bonds. The second-order valence-corrected chi connectivity index (χ2v) is 4.00.